The Morgan fingerprint density at radius 3 is 2.31 bits per heavy atom. The number of hydrogen-bond donors (Lipinski definition) is 2. The highest BCUT2D eigenvalue weighted by Gasteiger charge is 2.19. The molecule has 0 aliphatic carbocycles. The van der Waals surface area contributed by atoms with Crippen LogP contribution in [0.25, 0.3) is 0 Å². The second-order valence-electron chi connectivity index (χ2n) is 3.17. The van der Waals surface area contributed by atoms with Crippen molar-refractivity contribution in [1.29, 1.82) is 0 Å². The molecule has 1 aliphatic heterocycles. The topological polar surface area (TPSA) is 73.2 Å². The first-order valence-corrected chi connectivity index (χ1v) is 5.61. The third-order valence-corrected chi connectivity index (χ3v) is 2.46. The van der Waals surface area contributed by atoms with E-state index in [1.807, 2.05) is 11.9 Å². The Morgan fingerprint density at radius 2 is 1.85 bits per heavy atom. The van der Waals surface area contributed by atoms with Crippen LogP contribution in [-0.4, -0.2) is 59.5 Å². The van der Waals surface area contributed by atoms with Crippen LogP contribution in [0.15, 0.2) is 0 Å². The molecule has 2 N–H and O–H groups in total. The van der Waals surface area contributed by atoms with Crippen molar-refractivity contribution in [2.45, 2.75) is 0 Å². The van der Waals surface area contributed by atoms with Gasteiger partial charge >= 0.3 is 7.82 Å². The Balaban J connectivity index is 2.20. The van der Waals surface area contributed by atoms with E-state index in [-0.39, 0.29) is 6.73 Å². The van der Waals surface area contributed by atoms with E-state index in [1.54, 1.807) is 0 Å². The summed E-state index contributed by atoms with van der Waals surface area (Å²) >= 11 is 0. The summed E-state index contributed by atoms with van der Waals surface area (Å²) in [5.74, 6) is 0. The predicted molar refractivity (Wildman–Crippen MR) is 47.1 cm³/mol. The maximum Gasteiger partial charge on any atom is 0.470 e. The van der Waals surface area contributed by atoms with Crippen LogP contribution in [0, 0.1) is 0 Å². The van der Waals surface area contributed by atoms with Crippen LogP contribution in [0.3, 0.4) is 0 Å². The molecule has 0 bridgehead atoms. The average molecular weight is 210 g/mol. The molecule has 6 nitrogen and oxygen atoms in total. The molecule has 1 saturated heterocycles. The number of phosphoric ester groups is 1. The number of hydrogen-bond acceptors (Lipinski definition) is 4. The normalized spacial score (nSPS) is 22.1. The molecule has 1 fully saturated rings. The Labute approximate surface area is 77.3 Å². The highest BCUT2D eigenvalue weighted by Crippen LogP contribution is 2.35. The van der Waals surface area contributed by atoms with Crippen molar-refractivity contribution < 1.29 is 18.9 Å². The van der Waals surface area contributed by atoms with Crippen LogP contribution in [0.1, 0.15) is 0 Å². The lowest BCUT2D eigenvalue weighted by atomic mass is 10.3. The molecule has 78 valence electrons. The van der Waals surface area contributed by atoms with E-state index < -0.39 is 7.82 Å². The van der Waals surface area contributed by atoms with Gasteiger partial charge in [-0.05, 0) is 7.05 Å². The van der Waals surface area contributed by atoms with Crippen LogP contribution in [0.2, 0.25) is 0 Å². The van der Waals surface area contributed by atoms with Gasteiger partial charge in [0.25, 0.3) is 0 Å². The van der Waals surface area contributed by atoms with Crippen LogP contribution in [0.4, 0.5) is 0 Å². The van der Waals surface area contributed by atoms with Gasteiger partial charge in [0.1, 0.15) is 6.73 Å². The molecule has 0 aromatic heterocycles. The third kappa shape index (κ3) is 4.71. The Kier molecular flexibility index (Phi) is 3.85. The molecule has 0 aromatic carbocycles. The SMILES string of the molecule is CN1CCN(COP(=O)(O)O)CC1. The van der Waals surface area contributed by atoms with E-state index in [9.17, 15) is 4.57 Å². The highest BCUT2D eigenvalue weighted by molar-refractivity contribution is 7.46. The van der Waals surface area contributed by atoms with Gasteiger partial charge < -0.3 is 14.7 Å². The van der Waals surface area contributed by atoms with Gasteiger partial charge in [-0.25, -0.2) is 4.57 Å². The van der Waals surface area contributed by atoms with Crippen molar-refractivity contribution in [2.24, 2.45) is 0 Å². The first kappa shape index (κ1) is 11.1. The molecule has 7 heteroatoms. The van der Waals surface area contributed by atoms with Gasteiger partial charge in [0.2, 0.25) is 0 Å². The molecule has 0 radical (unpaired) electrons. The van der Waals surface area contributed by atoms with Gasteiger partial charge in [0, 0.05) is 26.2 Å². The molecular weight excluding hydrogens is 195 g/mol. The summed E-state index contributed by atoms with van der Waals surface area (Å²) in [5, 5.41) is 0. The summed E-state index contributed by atoms with van der Waals surface area (Å²) in [7, 11) is -2.29. The number of likely N-dealkylation sites (N-methyl/N-ethyl adjacent to an activating group) is 1. The van der Waals surface area contributed by atoms with Crippen molar-refractivity contribution in [2.75, 3.05) is 40.0 Å². The number of rotatable bonds is 3. The van der Waals surface area contributed by atoms with Crippen molar-refractivity contribution >= 4 is 7.82 Å². The zero-order valence-electron chi connectivity index (χ0n) is 7.59. The van der Waals surface area contributed by atoms with Gasteiger partial charge in [-0.2, -0.15) is 0 Å². The fraction of sp³-hybridized carbons (Fsp3) is 1.00. The maximum absolute atomic E-state index is 10.4. The highest BCUT2D eigenvalue weighted by atomic mass is 31.2. The second kappa shape index (κ2) is 4.50. The number of phosphoric acid groups is 1. The molecule has 0 atom stereocenters. The van der Waals surface area contributed by atoms with Crippen molar-refractivity contribution in [1.82, 2.24) is 9.80 Å². The number of nitrogens with zero attached hydrogens (tertiary/aromatic N) is 2. The molecule has 13 heavy (non-hydrogen) atoms. The molecule has 1 aliphatic rings. The van der Waals surface area contributed by atoms with E-state index in [4.69, 9.17) is 9.79 Å². The first-order chi connectivity index (χ1) is 5.97. The zero-order chi connectivity index (χ0) is 9.90. The minimum Gasteiger partial charge on any atom is -0.304 e. The van der Waals surface area contributed by atoms with Crippen molar-refractivity contribution in [3.63, 3.8) is 0 Å². The molecule has 0 unspecified atom stereocenters. The maximum atomic E-state index is 10.4. The van der Waals surface area contributed by atoms with E-state index in [0.29, 0.717) is 0 Å². The molecule has 1 heterocycles. The summed E-state index contributed by atoms with van der Waals surface area (Å²) in [6.07, 6.45) is 0. The minimum atomic E-state index is -4.30. The third-order valence-electron chi connectivity index (χ3n) is 2.00. The summed E-state index contributed by atoms with van der Waals surface area (Å²) < 4.78 is 14.8. The Hall–Kier alpha value is 0.0300. The van der Waals surface area contributed by atoms with Gasteiger partial charge in [-0.15, -0.1) is 0 Å². The van der Waals surface area contributed by atoms with E-state index in [1.165, 1.54) is 0 Å². The summed E-state index contributed by atoms with van der Waals surface area (Å²) in [5.41, 5.74) is 0. The molecular formula is C6H15N2O4P. The van der Waals surface area contributed by atoms with Gasteiger partial charge in [-0.3, -0.25) is 9.42 Å². The standard InChI is InChI=1S/C6H15N2O4P/c1-7-2-4-8(5-3-7)6-12-13(9,10)11/h2-6H2,1H3,(H2,9,10,11). The number of piperazine rings is 1. The smallest absolute Gasteiger partial charge is 0.304 e. The van der Waals surface area contributed by atoms with Crippen LogP contribution in [-0.2, 0) is 9.09 Å². The van der Waals surface area contributed by atoms with Crippen LogP contribution < -0.4 is 0 Å². The lowest BCUT2D eigenvalue weighted by Gasteiger charge is -2.31. The summed E-state index contributed by atoms with van der Waals surface area (Å²) in [6, 6.07) is 0. The van der Waals surface area contributed by atoms with E-state index in [0.717, 1.165) is 26.2 Å². The second-order valence-corrected chi connectivity index (χ2v) is 4.41. The van der Waals surface area contributed by atoms with Gasteiger partial charge in [-0.1, -0.05) is 0 Å². The first-order valence-electron chi connectivity index (χ1n) is 4.08. The lowest BCUT2D eigenvalue weighted by Crippen LogP contribution is -2.44. The summed E-state index contributed by atoms with van der Waals surface area (Å²) in [4.78, 5) is 20.9. The Morgan fingerprint density at radius 1 is 1.31 bits per heavy atom. The van der Waals surface area contributed by atoms with E-state index >= 15 is 0 Å². The predicted octanol–water partition coefficient (Wildman–Crippen LogP) is -0.699. The van der Waals surface area contributed by atoms with Crippen molar-refractivity contribution in [3.8, 4) is 0 Å². The minimum absolute atomic E-state index is 0.0120. The van der Waals surface area contributed by atoms with Crippen molar-refractivity contribution in [3.05, 3.63) is 0 Å². The quantitative estimate of drug-likeness (QED) is 0.600. The van der Waals surface area contributed by atoms with Gasteiger partial charge in [0.15, 0.2) is 0 Å². The van der Waals surface area contributed by atoms with Crippen LogP contribution >= 0.6 is 7.82 Å². The molecule has 0 spiro atoms. The van der Waals surface area contributed by atoms with Crippen LogP contribution in [0.5, 0.6) is 0 Å². The van der Waals surface area contributed by atoms with E-state index in [2.05, 4.69) is 9.42 Å². The molecule has 0 saturated carbocycles. The monoisotopic (exact) mass is 210 g/mol. The zero-order valence-corrected chi connectivity index (χ0v) is 8.48. The molecule has 0 aromatic rings. The summed E-state index contributed by atoms with van der Waals surface area (Å²) in [6.45, 7) is 3.40. The van der Waals surface area contributed by atoms with Gasteiger partial charge in [0.05, 0.1) is 0 Å². The molecule has 1 rings (SSSR count). The Bertz CT molecular complexity index is 199. The fourth-order valence-electron chi connectivity index (χ4n) is 1.13. The lowest BCUT2D eigenvalue weighted by molar-refractivity contribution is 0.0566. The fourth-order valence-corrected chi connectivity index (χ4v) is 1.45. The largest absolute Gasteiger partial charge is 0.470 e. The average Bonchev–Trinajstić information content (AvgIpc) is 2.02. The molecule has 0 amide bonds.